The number of unbranched alkanes of at least 4 members (excludes halogenated alkanes) is 1. The SMILES string of the molecule is C=CCN1C(=O)C(=Cc2cn(-c3ccccc3)nc2-c2ccc(OCCCC)c(C)c2)SC1=S. The van der Waals surface area contributed by atoms with Crippen LogP contribution in [0.4, 0.5) is 0 Å². The summed E-state index contributed by atoms with van der Waals surface area (Å²) in [5, 5.41) is 4.89. The van der Waals surface area contributed by atoms with Gasteiger partial charge in [-0.3, -0.25) is 9.69 Å². The van der Waals surface area contributed by atoms with Gasteiger partial charge in [0, 0.05) is 23.9 Å². The Morgan fingerprint density at radius 2 is 2.00 bits per heavy atom. The number of hydrogen-bond donors (Lipinski definition) is 0. The molecular weight excluding hydrogens is 462 g/mol. The third kappa shape index (κ3) is 5.16. The van der Waals surface area contributed by atoms with Crippen molar-refractivity contribution in [3.63, 3.8) is 0 Å². The van der Waals surface area contributed by atoms with Gasteiger partial charge < -0.3 is 4.74 Å². The largest absolute Gasteiger partial charge is 0.493 e. The van der Waals surface area contributed by atoms with Crippen molar-refractivity contribution >= 4 is 40.3 Å². The number of amides is 1. The normalized spacial score (nSPS) is 14.8. The number of rotatable bonds is 9. The van der Waals surface area contributed by atoms with Crippen LogP contribution in [0.2, 0.25) is 0 Å². The number of thiocarbonyl (C=S) groups is 1. The number of aromatic nitrogens is 2. The summed E-state index contributed by atoms with van der Waals surface area (Å²) in [5.74, 6) is 0.774. The Balaban J connectivity index is 1.74. The predicted molar refractivity (Wildman–Crippen MR) is 144 cm³/mol. The molecule has 0 unspecified atom stereocenters. The van der Waals surface area contributed by atoms with Gasteiger partial charge in [0.1, 0.15) is 15.8 Å². The maximum absolute atomic E-state index is 12.9. The number of carbonyl (C=O) groups excluding carboxylic acids is 1. The average Bonchev–Trinajstić information content (AvgIpc) is 3.37. The van der Waals surface area contributed by atoms with E-state index in [2.05, 4.69) is 19.6 Å². The number of benzene rings is 2. The zero-order valence-corrected chi connectivity index (χ0v) is 21.0. The van der Waals surface area contributed by atoms with Crippen molar-refractivity contribution < 1.29 is 9.53 Å². The zero-order valence-electron chi connectivity index (χ0n) is 19.4. The second-order valence-electron chi connectivity index (χ2n) is 7.98. The maximum Gasteiger partial charge on any atom is 0.266 e. The molecule has 34 heavy (non-hydrogen) atoms. The number of nitrogens with zero attached hydrogens (tertiary/aromatic N) is 3. The molecule has 0 bridgehead atoms. The van der Waals surface area contributed by atoms with Crippen molar-refractivity contribution in [2.45, 2.75) is 26.7 Å². The lowest BCUT2D eigenvalue weighted by Crippen LogP contribution is -2.27. The number of thioether (sulfide) groups is 1. The van der Waals surface area contributed by atoms with Gasteiger partial charge in [-0.25, -0.2) is 4.68 Å². The summed E-state index contributed by atoms with van der Waals surface area (Å²) in [6.07, 6.45) is 7.63. The number of hydrogen-bond acceptors (Lipinski definition) is 5. The quantitative estimate of drug-likeness (QED) is 0.150. The summed E-state index contributed by atoms with van der Waals surface area (Å²) in [6, 6.07) is 16.0. The molecule has 174 valence electrons. The van der Waals surface area contributed by atoms with Gasteiger partial charge in [0.2, 0.25) is 0 Å². The molecule has 1 aliphatic rings. The highest BCUT2D eigenvalue weighted by atomic mass is 32.2. The molecule has 3 aromatic rings. The van der Waals surface area contributed by atoms with Gasteiger partial charge in [0.25, 0.3) is 5.91 Å². The van der Waals surface area contributed by atoms with E-state index in [1.807, 2.05) is 66.3 Å². The van der Waals surface area contributed by atoms with E-state index < -0.39 is 0 Å². The van der Waals surface area contributed by atoms with E-state index in [0.29, 0.717) is 22.4 Å². The first-order valence-corrected chi connectivity index (χ1v) is 12.5. The Morgan fingerprint density at radius 3 is 2.71 bits per heavy atom. The van der Waals surface area contributed by atoms with Crippen molar-refractivity contribution in [1.29, 1.82) is 0 Å². The lowest BCUT2D eigenvalue weighted by molar-refractivity contribution is -0.121. The van der Waals surface area contributed by atoms with Gasteiger partial charge in [-0.1, -0.05) is 61.6 Å². The van der Waals surface area contributed by atoms with E-state index >= 15 is 0 Å². The first-order valence-electron chi connectivity index (χ1n) is 11.3. The number of carbonyl (C=O) groups is 1. The van der Waals surface area contributed by atoms with Crippen molar-refractivity contribution in [2.24, 2.45) is 0 Å². The average molecular weight is 490 g/mol. The standard InChI is InChI=1S/C27H27N3O2S2/c1-4-6-15-32-23-13-12-20(16-19(23)3)25-21(18-30(28-25)22-10-8-7-9-11-22)17-24-26(31)29(14-5-2)27(33)34-24/h5,7-13,16-18H,2,4,6,14-15H2,1,3H3. The van der Waals surface area contributed by atoms with Crippen molar-refractivity contribution in [3.8, 4) is 22.7 Å². The molecule has 4 rings (SSSR count). The molecular formula is C27H27N3O2S2. The van der Waals surface area contributed by atoms with Crippen LogP contribution in [0.3, 0.4) is 0 Å². The third-order valence-electron chi connectivity index (χ3n) is 5.44. The molecule has 1 fully saturated rings. The maximum atomic E-state index is 12.9. The molecule has 2 heterocycles. The Bertz CT molecular complexity index is 1250. The van der Waals surface area contributed by atoms with Crippen molar-refractivity contribution in [2.75, 3.05) is 13.2 Å². The molecule has 0 saturated carbocycles. The Labute approximate surface area is 210 Å². The number of ether oxygens (including phenoxy) is 1. The molecule has 0 spiro atoms. The second kappa shape index (κ2) is 10.8. The molecule has 7 heteroatoms. The van der Waals surface area contributed by atoms with Crippen LogP contribution in [0, 0.1) is 6.92 Å². The topological polar surface area (TPSA) is 47.4 Å². The summed E-state index contributed by atoms with van der Waals surface area (Å²) in [6.45, 7) is 9.02. The minimum atomic E-state index is -0.107. The van der Waals surface area contributed by atoms with Crippen LogP contribution in [-0.4, -0.2) is 38.1 Å². The highest BCUT2D eigenvalue weighted by molar-refractivity contribution is 8.26. The lowest BCUT2D eigenvalue weighted by Gasteiger charge is -2.10. The van der Waals surface area contributed by atoms with E-state index in [1.165, 1.54) is 11.8 Å². The second-order valence-corrected chi connectivity index (χ2v) is 9.65. The summed E-state index contributed by atoms with van der Waals surface area (Å²) in [4.78, 5) is 15.1. The molecule has 1 aliphatic heterocycles. The minimum Gasteiger partial charge on any atom is -0.493 e. The van der Waals surface area contributed by atoms with Crippen LogP contribution in [0.25, 0.3) is 23.0 Å². The minimum absolute atomic E-state index is 0.107. The van der Waals surface area contributed by atoms with Gasteiger partial charge in [-0.15, -0.1) is 6.58 Å². The van der Waals surface area contributed by atoms with Crippen molar-refractivity contribution in [1.82, 2.24) is 14.7 Å². The van der Waals surface area contributed by atoms with Crippen LogP contribution in [-0.2, 0) is 4.79 Å². The summed E-state index contributed by atoms with van der Waals surface area (Å²) < 4.78 is 8.31. The number of para-hydroxylation sites is 1. The molecule has 0 atom stereocenters. The van der Waals surface area contributed by atoms with E-state index in [0.717, 1.165) is 46.7 Å². The summed E-state index contributed by atoms with van der Waals surface area (Å²) in [5.41, 5.74) is 4.59. The summed E-state index contributed by atoms with van der Waals surface area (Å²) in [7, 11) is 0. The van der Waals surface area contributed by atoms with Gasteiger partial charge in [0.05, 0.1) is 17.2 Å². The Hall–Kier alpha value is -3.16. The van der Waals surface area contributed by atoms with Crippen LogP contribution in [0.1, 0.15) is 30.9 Å². The molecule has 0 aliphatic carbocycles. The molecule has 0 N–H and O–H groups in total. The van der Waals surface area contributed by atoms with Crippen LogP contribution < -0.4 is 4.74 Å². The van der Waals surface area contributed by atoms with E-state index in [4.69, 9.17) is 22.1 Å². The number of aryl methyl sites for hydroxylation is 1. The highest BCUT2D eigenvalue weighted by Gasteiger charge is 2.31. The van der Waals surface area contributed by atoms with Crippen LogP contribution in [0.15, 0.2) is 72.3 Å². The van der Waals surface area contributed by atoms with Gasteiger partial charge in [-0.2, -0.15) is 5.10 Å². The molecule has 1 saturated heterocycles. The molecule has 0 radical (unpaired) electrons. The fraction of sp³-hybridized carbons (Fsp3) is 0.222. The molecule has 5 nitrogen and oxygen atoms in total. The smallest absolute Gasteiger partial charge is 0.266 e. The Kier molecular flexibility index (Phi) is 7.65. The molecule has 1 aromatic heterocycles. The van der Waals surface area contributed by atoms with E-state index in [1.54, 1.807) is 11.0 Å². The van der Waals surface area contributed by atoms with Crippen LogP contribution >= 0.6 is 24.0 Å². The fourth-order valence-electron chi connectivity index (χ4n) is 3.64. The Morgan fingerprint density at radius 1 is 1.21 bits per heavy atom. The molecule has 1 amide bonds. The monoisotopic (exact) mass is 489 g/mol. The van der Waals surface area contributed by atoms with Crippen molar-refractivity contribution in [3.05, 3.63) is 83.4 Å². The first kappa shape index (κ1) is 24.0. The van der Waals surface area contributed by atoms with E-state index in [9.17, 15) is 4.79 Å². The lowest BCUT2D eigenvalue weighted by atomic mass is 10.0. The van der Waals surface area contributed by atoms with E-state index in [-0.39, 0.29) is 5.91 Å². The molecule has 2 aromatic carbocycles. The fourth-order valence-corrected chi connectivity index (χ4v) is 4.91. The zero-order chi connectivity index (χ0) is 24.1. The predicted octanol–water partition coefficient (Wildman–Crippen LogP) is 6.41. The van der Waals surface area contributed by atoms with Gasteiger partial charge in [0.15, 0.2) is 0 Å². The third-order valence-corrected chi connectivity index (χ3v) is 6.82. The van der Waals surface area contributed by atoms with Gasteiger partial charge in [-0.05, 0) is 55.3 Å². The van der Waals surface area contributed by atoms with Crippen LogP contribution in [0.5, 0.6) is 5.75 Å². The first-order chi connectivity index (χ1) is 16.5. The highest BCUT2D eigenvalue weighted by Crippen LogP contribution is 2.35. The summed E-state index contributed by atoms with van der Waals surface area (Å²) >= 11 is 6.71. The van der Waals surface area contributed by atoms with Gasteiger partial charge >= 0.3 is 0 Å².